The molecule has 0 bridgehead atoms. The van der Waals surface area contributed by atoms with E-state index in [4.69, 9.17) is 0 Å². The van der Waals surface area contributed by atoms with Crippen LogP contribution in [0.2, 0.25) is 0 Å². The van der Waals surface area contributed by atoms with Gasteiger partial charge in [0.1, 0.15) is 0 Å². The molecule has 2 aliphatic rings. The van der Waals surface area contributed by atoms with E-state index in [0.717, 1.165) is 18.5 Å². The van der Waals surface area contributed by atoms with Crippen LogP contribution in [0.1, 0.15) is 73.6 Å². The first-order valence-electron chi connectivity index (χ1n) is 8.76. The van der Waals surface area contributed by atoms with Crippen molar-refractivity contribution >= 4 is 0 Å². The van der Waals surface area contributed by atoms with E-state index >= 15 is 0 Å². The molecule has 0 aromatic carbocycles. The second-order valence-electron chi connectivity index (χ2n) is 8.72. The molecular formula is C18H36N2. The summed E-state index contributed by atoms with van der Waals surface area (Å²) in [4.78, 5) is 2.83. The van der Waals surface area contributed by atoms with Gasteiger partial charge in [-0.15, -0.1) is 0 Å². The first kappa shape index (κ1) is 16.3. The molecule has 3 unspecified atom stereocenters. The Morgan fingerprint density at radius 2 is 1.90 bits per heavy atom. The molecule has 2 nitrogen and oxygen atoms in total. The number of likely N-dealkylation sites (tertiary alicyclic amines) is 1. The number of nitrogens with one attached hydrogen (secondary N) is 1. The highest BCUT2D eigenvalue weighted by atomic mass is 15.3. The summed E-state index contributed by atoms with van der Waals surface area (Å²) in [7, 11) is 0. The van der Waals surface area contributed by atoms with Gasteiger partial charge in [-0.05, 0) is 70.4 Å². The van der Waals surface area contributed by atoms with Crippen LogP contribution in [-0.4, -0.2) is 35.6 Å². The molecule has 0 aromatic rings. The maximum absolute atomic E-state index is 3.78. The highest BCUT2D eigenvalue weighted by Gasteiger charge is 2.44. The van der Waals surface area contributed by atoms with Crippen LogP contribution < -0.4 is 5.32 Å². The lowest BCUT2D eigenvalue weighted by atomic mass is 9.69. The van der Waals surface area contributed by atoms with Gasteiger partial charge in [-0.3, -0.25) is 4.90 Å². The van der Waals surface area contributed by atoms with Crippen molar-refractivity contribution in [3.63, 3.8) is 0 Å². The van der Waals surface area contributed by atoms with Gasteiger partial charge in [-0.25, -0.2) is 0 Å². The number of nitrogens with zero attached hydrogens (tertiary/aromatic N) is 1. The van der Waals surface area contributed by atoms with Crippen LogP contribution in [0, 0.1) is 11.3 Å². The van der Waals surface area contributed by atoms with Crippen molar-refractivity contribution in [2.75, 3.05) is 13.1 Å². The predicted octanol–water partition coefficient (Wildman–Crippen LogP) is 4.05. The van der Waals surface area contributed by atoms with Crippen LogP contribution in [0.25, 0.3) is 0 Å². The Labute approximate surface area is 126 Å². The van der Waals surface area contributed by atoms with Crippen LogP contribution in [0.3, 0.4) is 0 Å². The monoisotopic (exact) mass is 280 g/mol. The van der Waals surface area contributed by atoms with Gasteiger partial charge in [0, 0.05) is 17.6 Å². The van der Waals surface area contributed by atoms with Crippen LogP contribution in [0.4, 0.5) is 0 Å². The lowest BCUT2D eigenvalue weighted by molar-refractivity contribution is 0.0248. The zero-order chi connectivity index (χ0) is 15.0. The molecule has 0 amide bonds. The van der Waals surface area contributed by atoms with Crippen LogP contribution in [-0.2, 0) is 0 Å². The molecule has 1 N–H and O–H groups in total. The molecule has 0 spiro atoms. The molecule has 0 aromatic heterocycles. The standard InChI is InChI=1S/C18H36N2/c1-7-19-15-10-9-14(17(2,3)4)13-16(15)20-12-8-11-18(20,5)6/h14-16,19H,7-13H2,1-6H3. The Morgan fingerprint density at radius 3 is 2.40 bits per heavy atom. The molecule has 1 saturated carbocycles. The summed E-state index contributed by atoms with van der Waals surface area (Å²) in [5, 5.41) is 3.78. The molecule has 2 fully saturated rings. The maximum atomic E-state index is 3.78. The fourth-order valence-corrected chi connectivity index (χ4v) is 4.52. The Hall–Kier alpha value is -0.0800. The Morgan fingerprint density at radius 1 is 1.20 bits per heavy atom. The predicted molar refractivity (Wildman–Crippen MR) is 88.1 cm³/mol. The van der Waals surface area contributed by atoms with Crippen molar-refractivity contribution in [1.29, 1.82) is 0 Å². The Kier molecular flexibility index (Phi) is 4.86. The molecule has 20 heavy (non-hydrogen) atoms. The van der Waals surface area contributed by atoms with Gasteiger partial charge in [0.25, 0.3) is 0 Å². The van der Waals surface area contributed by atoms with Crippen molar-refractivity contribution in [2.45, 2.75) is 91.3 Å². The van der Waals surface area contributed by atoms with Gasteiger partial charge in [0.05, 0.1) is 0 Å². The van der Waals surface area contributed by atoms with E-state index in [1.807, 2.05) is 0 Å². The molecular weight excluding hydrogens is 244 g/mol. The smallest absolute Gasteiger partial charge is 0.0257 e. The molecule has 0 radical (unpaired) electrons. The Bertz CT molecular complexity index is 316. The minimum atomic E-state index is 0.401. The topological polar surface area (TPSA) is 15.3 Å². The number of hydrogen-bond donors (Lipinski definition) is 1. The van der Waals surface area contributed by atoms with E-state index in [1.165, 1.54) is 38.6 Å². The molecule has 1 saturated heterocycles. The molecule has 1 heterocycles. The van der Waals surface area contributed by atoms with E-state index in [-0.39, 0.29) is 0 Å². The largest absolute Gasteiger partial charge is 0.313 e. The van der Waals surface area contributed by atoms with Gasteiger partial charge in [0.15, 0.2) is 0 Å². The molecule has 2 rings (SSSR count). The summed E-state index contributed by atoms with van der Waals surface area (Å²) in [6, 6.07) is 1.45. The Balaban J connectivity index is 2.15. The van der Waals surface area contributed by atoms with Gasteiger partial charge in [-0.1, -0.05) is 27.7 Å². The second-order valence-corrected chi connectivity index (χ2v) is 8.72. The average molecular weight is 280 g/mol. The summed E-state index contributed by atoms with van der Waals surface area (Å²) >= 11 is 0. The van der Waals surface area contributed by atoms with Crippen molar-refractivity contribution in [3.8, 4) is 0 Å². The molecule has 1 aliphatic carbocycles. The zero-order valence-corrected chi connectivity index (χ0v) is 14.6. The third-order valence-corrected chi connectivity index (χ3v) is 5.87. The fourth-order valence-electron chi connectivity index (χ4n) is 4.52. The van der Waals surface area contributed by atoms with Crippen LogP contribution >= 0.6 is 0 Å². The van der Waals surface area contributed by atoms with Gasteiger partial charge < -0.3 is 5.32 Å². The molecule has 118 valence electrons. The van der Waals surface area contributed by atoms with Crippen molar-refractivity contribution in [1.82, 2.24) is 10.2 Å². The molecule has 2 heteroatoms. The summed E-state index contributed by atoms with van der Waals surface area (Å²) in [5.74, 6) is 0.874. The number of hydrogen-bond acceptors (Lipinski definition) is 2. The maximum Gasteiger partial charge on any atom is 0.0257 e. The van der Waals surface area contributed by atoms with Crippen LogP contribution in [0.5, 0.6) is 0 Å². The minimum absolute atomic E-state index is 0.401. The molecule has 3 atom stereocenters. The zero-order valence-electron chi connectivity index (χ0n) is 14.6. The first-order chi connectivity index (χ1) is 9.25. The lowest BCUT2D eigenvalue weighted by Gasteiger charge is -2.49. The fraction of sp³-hybridized carbons (Fsp3) is 1.00. The highest BCUT2D eigenvalue weighted by molar-refractivity contribution is 5.00. The van der Waals surface area contributed by atoms with Crippen LogP contribution in [0.15, 0.2) is 0 Å². The second kappa shape index (κ2) is 5.96. The van der Waals surface area contributed by atoms with Gasteiger partial charge in [-0.2, -0.15) is 0 Å². The van der Waals surface area contributed by atoms with E-state index in [9.17, 15) is 0 Å². The van der Waals surface area contributed by atoms with E-state index in [1.54, 1.807) is 0 Å². The summed E-state index contributed by atoms with van der Waals surface area (Å²) < 4.78 is 0. The quantitative estimate of drug-likeness (QED) is 0.839. The summed E-state index contributed by atoms with van der Waals surface area (Å²) in [6.45, 7) is 16.8. The molecule has 1 aliphatic heterocycles. The first-order valence-corrected chi connectivity index (χ1v) is 8.76. The lowest BCUT2D eigenvalue weighted by Crippen LogP contribution is -2.58. The third-order valence-electron chi connectivity index (χ3n) is 5.87. The van der Waals surface area contributed by atoms with E-state index in [2.05, 4.69) is 51.8 Å². The van der Waals surface area contributed by atoms with Crippen molar-refractivity contribution < 1.29 is 0 Å². The van der Waals surface area contributed by atoms with E-state index < -0.39 is 0 Å². The minimum Gasteiger partial charge on any atom is -0.313 e. The SMILES string of the molecule is CCNC1CCC(C(C)(C)C)CC1N1CCCC1(C)C. The van der Waals surface area contributed by atoms with E-state index in [0.29, 0.717) is 17.0 Å². The average Bonchev–Trinajstić information content (AvgIpc) is 2.68. The van der Waals surface area contributed by atoms with Gasteiger partial charge >= 0.3 is 0 Å². The summed E-state index contributed by atoms with van der Waals surface area (Å²) in [6.07, 6.45) is 6.87. The van der Waals surface area contributed by atoms with Crippen molar-refractivity contribution in [3.05, 3.63) is 0 Å². The highest BCUT2D eigenvalue weighted by Crippen LogP contribution is 2.42. The normalized spacial score (nSPS) is 35.4. The van der Waals surface area contributed by atoms with Crippen molar-refractivity contribution in [2.24, 2.45) is 11.3 Å². The van der Waals surface area contributed by atoms with Gasteiger partial charge in [0.2, 0.25) is 0 Å². The number of likely N-dealkylation sites (N-methyl/N-ethyl adjacent to an activating group) is 1. The summed E-state index contributed by atoms with van der Waals surface area (Å²) in [5.41, 5.74) is 0.859. The number of rotatable bonds is 3. The third kappa shape index (κ3) is 3.39.